The number of nitrogens with zero attached hydrogens (tertiary/aromatic N) is 3. The molecule has 4 heteroatoms. The molecular weight excluding hydrogens is 130 g/mol. The van der Waals surface area contributed by atoms with Crippen LogP contribution in [0.3, 0.4) is 0 Å². The van der Waals surface area contributed by atoms with Crippen molar-refractivity contribution in [2.24, 2.45) is 0 Å². The number of rotatable bonds is 2. The fourth-order valence-electron chi connectivity index (χ4n) is 0.921. The molecule has 1 aliphatic rings. The zero-order valence-corrected chi connectivity index (χ0v) is 5.56. The van der Waals surface area contributed by atoms with Crippen LogP contribution in [-0.4, -0.2) is 25.7 Å². The molecule has 4 nitrogen and oxygen atoms in total. The van der Waals surface area contributed by atoms with Gasteiger partial charge in [0.15, 0.2) is 0 Å². The Labute approximate surface area is 58.5 Å². The molecule has 1 fully saturated rings. The summed E-state index contributed by atoms with van der Waals surface area (Å²) in [6.45, 7) is 0.590. The van der Waals surface area contributed by atoms with Gasteiger partial charge in [-0.1, -0.05) is 5.21 Å². The Balaban J connectivity index is 2.04. The zero-order valence-electron chi connectivity index (χ0n) is 5.56. The van der Waals surface area contributed by atoms with Crippen molar-refractivity contribution in [3.8, 4) is 0 Å². The Bertz CT molecular complexity index is 215. The minimum atomic E-state index is -0.465. The lowest BCUT2D eigenvalue weighted by Gasteiger charge is -2.04. The SMILES string of the molecule is OC1(Cn2ccnn2)CC1. The van der Waals surface area contributed by atoms with Crippen LogP contribution in [0.5, 0.6) is 0 Å². The Morgan fingerprint density at radius 3 is 2.90 bits per heavy atom. The molecule has 1 aliphatic carbocycles. The van der Waals surface area contributed by atoms with Crippen molar-refractivity contribution in [3.63, 3.8) is 0 Å². The first-order valence-electron chi connectivity index (χ1n) is 3.35. The minimum absolute atomic E-state index is 0.465. The average Bonchev–Trinajstić information content (AvgIpc) is 2.47. The van der Waals surface area contributed by atoms with E-state index in [1.54, 1.807) is 17.1 Å². The molecule has 1 saturated carbocycles. The first-order valence-corrected chi connectivity index (χ1v) is 3.35. The number of aromatic nitrogens is 3. The summed E-state index contributed by atoms with van der Waals surface area (Å²) in [6, 6.07) is 0. The Morgan fingerprint density at radius 1 is 1.60 bits per heavy atom. The lowest BCUT2D eigenvalue weighted by atomic mass is 10.3. The van der Waals surface area contributed by atoms with Crippen molar-refractivity contribution in [2.45, 2.75) is 25.0 Å². The summed E-state index contributed by atoms with van der Waals surface area (Å²) in [7, 11) is 0. The van der Waals surface area contributed by atoms with Crippen LogP contribution in [0.15, 0.2) is 12.4 Å². The molecule has 0 saturated heterocycles. The smallest absolute Gasteiger partial charge is 0.0845 e. The van der Waals surface area contributed by atoms with E-state index in [1.165, 1.54) is 0 Å². The fraction of sp³-hybridized carbons (Fsp3) is 0.667. The van der Waals surface area contributed by atoms with Crippen molar-refractivity contribution in [2.75, 3.05) is 0 Å². The van der Waals surface area contributed by atoms with Gasteiger partial charge in [0.25, 0.3) is 0 Å². The molecule has 0 unspecified atom stereocenters. The summed E-state index contributed by atoms with van der Waals surface area (Å²) >= 11 is 0. The summed E-state index contributed by atoms with van der Waals surface area (Å²) < 4.78 is 1.66. The van der Waals surface area contributed by atoms with Gasteiger partial charge in [-0.05, 0) is 12.8 Å². The first kappa shape index (κ1) is 5.85. The summed E-state index contributed by atoms with van der Waals surface area (Å²) in [5.41, 5.74) is -0.465. The van der Waals surface area contributed by atoms with Gasteiger partial charge in [0.1, 0.15) is 0 Å². The number of hydrogen-bond donors (Lipinski definition) is 1. The Morgan fingerprint density at radius 2 is 2.40 bits per heavy atom. The van der Waals surface area contributed by atoms with Crippen LogP contribution in [0.2, 0.25) is 0 Å². The van der Waals surface area contributed by atoms with Gasteiger partial charge in [0.05, 0.1) is 18.3 Å². The highest BCUT2D eigenvalue weighted by molar-refractivity contribution is 4.93. The molecule has 1 aromatic heterocycles. The van der Waals surface area contributed by atoms with Gasteiger partial charge in [0, 0.05) is 6.20 Å². The number of aliphatic hydroxyl groups is 1. The van der Waals surface area contributed by atoms with E-state index in [1.807, 2.05) is 0 Å². The summed E-state index contributed by atoms with van der Waals surface area (Å²) in [6.07, 6.45) is 5.17. The normalized spacial score (nSPS) is 20.9. The quantitative estimate of drug-likeness (QED) is 0.617. The van der Waals surface area contributed by atoms with Crippen LogP contribution in [0, 0.1) is 0 Å². The molecule has 0 aromatic carbocycles. The third-order valence-electron chi connectivity index (χ3n) is 1.76. The topological polar surface area (TPSA) is 50.9 Å². The molecule has 2 rings (SSSR count). The highest BCUT2D eigenvalue weighted by Crippen LogP contribution is 2.36. The Hall–Kier alpha value is -0.900. The van der Waals surface area contributed by atoms with E-state index in [0.717, 1.165) is 12.8 Å². The molecule has 54 valence electrons. The van der Waals surface area contributed by atoms with Crippen molar-refractivity contribution >= 4 is 0 Å². The molecule has 1 N–H and O–H groups in total. The van der Waals surface area contributed by atoms with Gasteiger partial charge in [-0.25, -0.2) is 4.68 Å². The second-order valence-corrected chi connectivity index (χ2v) is 2.82. The third-order valence-corrected chi connectivity index (χ3v) is 1.76. The molecule has 10 heavy (non-hydrogen) atoms. The molecule has 0 atom stereocenters. The molecule has 0 spiro atoms. The van der Waals surface area contributed by atoms with Crippen LogP contribution in [-0.2, 0) is 6.54 Å². The summed E-state index contributed by atoms with van der Waals surface area (Å²) in [4.78, 5) is 0. The van der Waals surface area contributed by atoms with Gasteiger partial charge >= 0.3 is 0 Å². The van der Waals surface area contributed by atoms with E-state index < -0.39 is 5.60 Å². The Kier molecular flexibility index (Phi) is 1.05. The van der Waals surface area contributed by atoms with Gasteiger partial charge in [-0.15, -0.1) is 5.10 Å². The molecule has 1 heterocycles. The van der Waals surface area contributed by atoms with Crippen LogP contribution >= 0.6 is 0 Å². The van der Waals surface area contributed by atoms with Crippen molar-refractivity contribution in [1.82, 2.24) is 15.0 Å². The molecule has 0 amide bonds. The van der Waals surface area contributed by atoms with E-state index in [9.17, 15) is 5.11 Å². The second-order valence-electron chi connectivity index (χ2n) is 2.82. The predicted octanol–water partition coefficient (Wildman–Crippen LogP) is -0.197. The van der Waals surface area contributed by atoms with Crippen LogP contribution < -0.4 is 0 Å². The zero-order chi connectivity index (χ0) is 7.03. The predicted molar refractivity (Wildman–Crippen MR) is 34.2 cm³/mol. The van der Waals surface area contributed by atoms with E-state index in [0.29, 0.717) is 6.54 Å². The third kappa shape index (κ3) is 1.02. The molecule has 0 aliphatic heterocycles. The summed E-state index contributed by atoms with van der Waals surface area (Å²) in [5.74, 6) is 0. The maximum atomic E-state index is 9.41. The molecule has 0 bridgehead atoms. The van der Waals surface area contributed by atoms with Gasteiger partial charge in [0.2, 0.25) is 0 Å². The van der Waals surface area contributed by atoms with Crippen LogP contribution in [0.4, 0.5) is 0 Å². The molecule has 1 aromatic rings. The number of hydrogen-bond acceptors (Lipinski definition) is 3. The first-order chi connectivity index (χ1) is 4.79. The van der Waals surface area contributed by atoms with Crippen LogP contribution in [0.1, 0.15) is 12.8 Å². The minimum Gasteiger partial charge on any atom is -0.388 e. The van der Waals surface area contributed by atoms with Gasteiger partial charge in [-0.3, -0.25) is 0 Å². The standard InChI is InChI=1S/C6H9N3O/c10-6(1-2-6)5-9-4-3-7-8-9/h3-4,10H,1-2,5H2. The van der Waals surface area contributed by atoms with Gasteiger partial charge in [-0.2, -0.15) is 0 Å². The maximum Gasteiger partial charge on any atom is 0.0845 e. The van der Waals surface area contributed by atoms with E-state index >= 15 is 0 Å². The largest absolute Gasteiger partial charge is 0.388 e. The molecular formula is C6H9N3O. The lowest BCUT2D eigenvalue weighted by molar-refractivity contribution is 0.124. The highest BCUT2D eigenvalue weighted by Gasteiger charge is 2.40. The van der Waals surface area contributed by atoms with Crippen LogP contribution in [0.25, 0.3) is 0 Å². The van der Waals surface area contributed by atoms with E-state index in [2.05, 4.69) is 10.3 Å². The van der Waals surface area contributed by atoms with Crippen molar-refractivity contribution < 1.29 is 5.11 Å². The summed E-state index contributed by atoms with van der Waals surface area (Å²) in [5, 5.41) is 16.8. The second kappa shape index (κ2) is 1.79. The van der Waals surface area contributed by atoms with Crippen molar-refractivity contribution in [3.05, 3.63) is 12.4 Å². The average molecular weight is 139 g/mol. The fourth-order valence-corrected chi connectivity index (χ4v) is 0.921. The lowest BCUT2D eigenvalue weighted by Crippen LogP contribution is -2.17. The monoisotopic (exact) mass is 139 g/mol. The maximum absolute atomic E-state index is 9.41. The molecule has 0 radical (unpaired) electrons. The van der Waals surface area contributed by atoms with Crippen molar-refractivity contribution in [1.29, 1.82) is 0 Å². The highest BCUT2D eigenvalue weighted by atomic mass is 16.3. The van der Waals surface area contributed by atoms with E-state index in [-0.39, 0.29) is 0 Å². The van der Waals surface area contributed by atoms with Gasteiger partial charge < -0.3 is 5.11 Å². The van der Waals surface area contributed by atoms with E-state index in [4.69, 9.17) is 0 Å².